The molecule has 142 valence electrons. The van der Waals surface area contributed by atoms with Gasteiger partial charge in [-0.05, 0) is 49.4 Å². The Morgan fingerprint density at radius 2 is 1.70 bits per heavy atom. The van der Waals surface area contributed by atoms with Crippen molar-refractivity contribution in [3.8, 4) is 5.75 Å². The van der Waals surface area contributed by atoms with Crippen LogP contribution in [0.3, 0.4) is 0 Å². The standard InChI is InChI=1S/C22H26N2O3/c1-17-7-5-6-10-20(17)22(26)23-15-18-11-13-24(14-12-18)21(25)16-27-19-8-3-2-4-9-19/h2-10,18H,11-16H2,1H3,(H,23,26). The summed E-state index contributed by atoms with van der Waals surface area (Å²) in [5, 5.41) is 3.03. The number of ether oxygens (including phenoxy) is 1. The summed E-state index contributed by atoms with van der Waals surface area (Å²) in [6, 6.07) is 17.0. The Kier molecular flexibility index (Phi) is 6.47. The second-order valence-electron chi connectivity index (χ2n) is 6.95. The van der Waals surface area contributed by atoms with E-state index in [4.69, 9.17) is 4.74 Å². The van der Waals surface area contributed by atoms with Gasteiger partial charge in [0.25, 0.3) is 11.8 Å². The van der Waals surface area contributed by atoms with E-state index in [1.54, 1.807) is 0 Å². The number of carbonyl (C=O) groups is 2. The Bertz CT molecular complexity index is 768. The van der Waals surface area contributed by atoms with Crippen LogP contribution >= 0.6 is 0 Å². The van der Waals surface area contributed by atoms with Crippen molar-refractivity contribution in [1.29, 1.82) is 0 Å². The summed E-state index contributed by atoms with van der Waals surface area (Å²) >= 11 is 0. The topological polar surface area (TPSA) is 58.6 Å². The highest BCUT2D eigenvalue weighted by atomic mass is 16.5. The average molecular weight is 366 g/mol. The van der Waals surface area contributed by atoms with Crippen molar-refractivity contribution >= 4 is 11.8 Å². The predicted molar refractivity (Wildman–Crippen MR) is 105 cm³/mol. The van der Waals surface area contributed by atoms with Crippen molar-refractivity contribution in [1.82, 2.24) is 10.2 Å². The first-order valence-electron chi connectivity index (χ1n) is 9.43. The maximum atomic E-state index is 12.3. The molecule has 1 aliphatic heterocycles. The van der Waals surface area contributed by atoms with Crippen molar-refractivity contribution in [2.75, 3.05) is 26.2 Å². The molecule has 0 bridgehead atoms. The Balaban J connectivity index is 1.39. The minimum absolute atomic E-state index is 0.0150. The van der Waals surface area contributed by atoms with Crippen LogP contribution in [-0.4, -0.2) is 43.0 Å². The number of carbonyl (C=O) groups excluding carboxylic acids is 2. The van der Waals surface area contributed by atoms with Crippen molar-refractivity contribution in [3.05, 3.63) is 65.7 Å². The third kappa shape index (κ3) is 5.33. The third-order valence-electron chi connectivity index (χ3n) is 5.01. The fraction of sp³-hybridized carbons (Fsp3) is 0.364. The van der Waals surface area contributed by atoms with E-state index in [1.165, 1.54) is 0 Å². The lowest BCUT2D eigenvalue weighted by Gasteiger charge is -2.32. The predicted octanol–water partition coefficient (Wildman–Crippen LogP) is 3.04. The van der Waals surface area contributed by atoms with E-state index in [0.29, 0.717) is 31.3 Å². The number of aryl methyl sites for hydroxylation is 1. The number of likely N-dealkylation sites (tertiary alicyclic amines) is 1. The van der Waals surface area contributed by atoms with Gasteiger partial charge in [-0.15, -0.1) is 0 Å². The maximum absolute atomic E-state index is 12.3. The average Bonchev–Trinajstić information content (AvgIpc) is 2.72. The molecule has 5 heteroatoms. The highest BCUT2D eigenvalue weighted by Crippen LogP contribution is 2.17. The van der Waals surface area contributed by atoms with Crippen LogP contribution in [0.25, 0.3) is 0 Å². The zero-order chi connectivity index (χ0) is 19.1. The lowest BCUT2D eigenvalue weighted by atomic mass is 9.96. The molecular formula is C22H26N2O3. The van der Waals surface area contributed by atoms with Crippen molar-refractivity contribution in [2.45, 2.75) is 19.8 Å². The molecule has 0 spiro atoms. The molecule has 3 rings (SSSR count). The molecule has 1 saturated heterocycles. The van der Waals surface area contributed by atoms with Crippen molar-refractivity contribution in [2.24, 2.45) is 5.92 Å². The molecule has 0 aromatic heterocycles. The fourth-order valence-corrected chi connectivity index (χ4v) is 3.30. The molecule has 1 N–H and O–H groups in total. The smallest absolute Gasteiger partial charge is 0.260 e. The molecule has 27 heavy (non-hydrogen) atoms. The minimum Gasteiger partial charge on any atom is -0.484 e. The molecule has 1 aliphatic rings. The summed E-state index contributed by atoms with van der Waals surface area (Å²) in [4.78, 5) is 26.5. The molecule has 1 fully saturated rings. The van der Waals surface area contributed by atoms with Crippen LogP contribution in [-0.2, 0) is 4.79 Å². The van der Waals surface area contributed by atoms with Gasteiger partial charge >= 0.3 is 0 Å². The minimum atomic E-state index is -0.0251. The second-order valence-corrected chi connectivity index (χ2v) is 6.95. The van der Waals surface area contributed by atoms with E-state index >= 15 is 0 Å². The van der Waals surface area contributed by atoms with Gasteiger partial charge in [0.1, 0.15) is 5.75 Å². The number of hydrogen-bond acceptors (Lipinski definition) is 3. The molecule has 5 nitrogen and oxygen atoms in total. The van der Waals surface area contributed by atoms with Gasteiger partial charge in [-0.3, -0.25) is 9.59 Å². The quantitative estimate of drug-likeness (QED) is 0.855. The van der Waals surface area contributed by atoms with E-state index < -0.39 is 0 Å². The number of benzene rings is 2. The fourth-order valence-electron chi connectivity index (χ4n) is 3.30. The Labute approximate surface area is 160 Å². The summed E-state index contributed by atoms with van der Waals surface area (Å²) in [6.07, 6.45) is 1.79. The Morgan fingerprint density at radius 1 is 1.04 bits per heavy atom. The van der Waals surface area contributed by atoms with E-state index in [2.05, 4.69) is 5.32 Å². The molecular weight excluding hydrogens is 340 g/mol. The van der Waals surface area contributed by atoms with Gasteiger partial charge in [-0.25, -0.2) is 0 Å². The SMILES string of the molecule is Cc1ccccc1C(=O)NCC1CCN(C(=O)COc2ccccc2)CC1. The van der Waals surface area contributed by atoms with Crippen molar-refractivity contribution in [3.63, 3.8) is 0 Å². The van der Waals surface area contributed by atoms with E-state index in [9.17, 15) is 9.59 Å². The first-order valence-corrected chi connectivity index (χ1v) is 9.43. The van der Waals surface area contributed by atoms with E-state index in [1.807, 2.05) is 66.4 Å². The summed E-state index contributed by atoms with van der Waals surface area (Å²) in [7, 11) is 0. The summed E-state index contributed by atoms with van der Waals surface area (Å²) in [5.41, 5.74) is 1.71. The van der Waals surface area contributed by atoms with Gasteiger partial charge in [0.05, 0.1) is 0 Å². The van der Waals surface area contributed by atoms with Crippen LogP contribution < -0.4 is 10.1 Å². The Hall–Kier alpha value is -2.82. The number of hydrogen-bond donors (Lipinski definition) is 1. The molecule has 0 radical (unpaired) electrons. The molecule has 0 atom stereocenters. The third-order valence-corrected chi connectivity index (χ3v) is 5.01. The van der Waals surface area contributed by atoms with Crippen LogP contribution in [0.1, 0.15) is 28.8 Å². The van der Waals surface area contributed by atoms with Crippen LogP contribution in [0, 0.1) is 12.8 Å². The van der Waals surface area contributed by atoms with Crippen LogP contribution in [0.4, 0.5) is 0 Å². The largest absolute Gasteiger partial charge is 0.484 e. The molecule has 0 aliphatic carbocycles. The van der Waals surface area contributed by atoms with Gasteiger partial charge in [-0.1, -0.05) is 36.4 Å². The molecule has 1 heterocycles. The van der Waals surface area contributed by atoms with Crippen LogP contribution in [0.5, 0.6) is 5.75 Å². The lowest BCUT2D eigenvalue weighted by molar-refractivity contribution is -0.134. The maximum Gasteiger partial charge on any atom is 0.260 e. The van der Waals surface area contributed by atoms with Gasteiger partial charge in [0, 0.05) is 25.2 Å². The number of amides is 2. The highest BCUT2D eigenvalue weighted by molar-refractivity contribution is 5.95. The zero-order valence-corrected chi connectivity index (χ0v) is 15.7. The van der Waals surface area contributed by atoms with Gasteiger partial charge in [0.15, 0.2) is 6.61 Å². The Morgan fingerprint density at radius 3 is 2.41 bits per heavy atom. The first kappa shape index (κ1) is 19.0. The van der Waals surface area contributed by atoms with E-state index in [-0.39, 0.29) is 18.4 Å². The van der Waals surface area contributed by atoms with Gasteiger partial charge < -0.3 is 15.0 Å². The number of rotatable bonds is 6. The molecule has 2 aromatic carbocycles. The monoisotopic (exact) mass is 366 g/mol. The lowest BCUT2D eigenvalue weighted by Crippen LogP contribution is -2.43. The molecule has 0 saturated carbocycles. The number of piperidine rings is 1. The normalized spacial score (nSPS) is 14.6. The molecule has 2 amide bonds. The van der Waals surface area contributed by atoms with Crippen LogP contribution in [0.15, 0.2) is 54.6 Å². The van der Waals surface area contributed by atoms with Crippen molar-refractivity contribution < 1.29 is 14.3 Å². The highest BCUT2D eigenvalue weighted by Gasteiger charge is 2.23. The number of nitrogens with one attached hydrogen (secondary N) is 1. The molecule has 0 unspecified atom stereocenters. The summed E-state index contributed by atoms with van der Waals surface area (Å²) < 4.78 is 5.54. The van der Waals surface area contributed by atoms with Gasteiger partial charge in [-0.2, -0.15) is 0 Å². The summed E-state index contributed by atoms with van der Waals surface area (Å²) in [6.45, 7) is 4.08. The van der Waals surface area contributed by atoms with E-state index in [0.717, 1.165) is 24.0 Å². The van der Waals surface area contributed by atoms with Gasteiger partial charge in [0.2, 0.25) is 0 Å². The first-order chi connectivity index (χ1) is 13.1. The van der Waals surface area contributed by atoms with Crippen LogP contribution in [0.2, 0.25) is 0 Å². The number of para-hydroxylation sites is 1. The number of nitrogens with zero attached hydrogens (tertiary/aromatic N) is 1. The molecule has 2 aromatic rings. The summed E-state index contributed by atoms with van der Waals surface area (Å²) in [5.74, 6) is 1.10. The zero-order valence-electron chi connectivity index (χ0n) is 15.7. The second kappa shape index (κ2) is 9.21.